The zero-order valence-electron chi connectivity index (χ0n) is 19.8. The van der Waals surface area contributed by atoms with Gasteiger partial charge in [-0.05, 0) is 43.0 Å². The van der Waals surface area contributed by atoms with Gasteiger partial charge in [-0.25, -0.2) is 0 Å². The fourth-order valence-electron chi connectivity index (χ4n) is 3.98. The van der Waals surface area contributed by atoms with E-state index in [2.05, 4.69) is 0 Å². The molecule has 3 rings (SSSR count). The number of amides is 1. The van der Waals surface area contributed by atoms with Crippen molar-refractivity contribution < 1.29 is 14.3 Å². The lowest BCUT2D eigenvalue weighted by molar-refractivity contribution is 0.0987. The summed E-state index contributed by atoms with van der Waals surface area (Å²) in [5, 5.41) is 1.00. The topological polar surface area (TPSA) is 60.8 Å². The Bertz CT molecular complexity index is 1180. The van der Waals surface area contributed by atoms with Crippen molar-refractivity contribution in [3.8, 4) is 11.5 Å². The second-order valence-electron chi connectivity index (χ2n) is 8.39. The summed E-state index contributed by atoms with van der Waals surface area (Å²) < 4.78 is 12.5. The first-order valence-corrected chi connectivity index (χ1v) is 11.0. The number of fused-ring (bicyclic) bond motifs is 1. The Balaban J connectivity index is 2.31. The van der Waals surface area contributed by atoms with E-state index >= 15 is 0 Å². The van der Waals surface area contributed by atoms with Gasteiger partial charge < -0.3 is 18.9 Å². The molecule has 6 nitrogen and oxygen atoms in total. The van der Waals surface area contributed by atoms with Gasteiger partial charge in [0.15, 0.2) is 11.5 Å². The quantitative estimate of drug-likeness (QED) is 0.496. The summed E-state index contributed by atoms with van der Waals surface area (Å²) in [6.07, 6.45) is 2.50. The Morgan fingerprint density at radius 2 is 1.69 bits per heavy atom. The molecule has 0 aliphatic rings. The molecular formula is C26H32N2O4. The molecule has 0 aliphatic carbocycles. The molecule has 0 bridgehead atoms. The Kier molecular flexibility index (Phi) is 7.23. The van der Waals surface area contributed by atoms with E-state index in [4.69, 9.17) is 9.47 Å². The van der Waals surface area contributed by atoms with Gasteiger partial charge in [-0.2, -0.15) is 0 Å². The first kappa shape index (κ1) is 23.4. The molecule has 170 valence electrons. The van der Waals surface area contributed by atoms with Crippen LogP contribution in [-0.2, 0) is 6.54 Å². The Morgan fingerprint density at radius 1 is 1.06 bits per heavy atom. The molecule has 0 spiro atoms. The molecule has 0 saturated heterocycles. The van der Waals surface area contributed by atoms with Gasteiger partial charge in [0.1, 0.15) is 0 Å². The lowest BCUT2D eigenvalue weighted by atomic mass is 10.0. The van der Waals surface area contributed by atoms with Gasteiger partial charge in [0.2, 0.25) is 0 Å². The van der Waals surface area contributed by atoms with Crippen molar-refractivity contribution in [2.75, 3.05) is 25.7 Å². The highest BCUT2D eigenvalue weighted by Crippen LogP contribution is 2.33. The zero-order chi connectivity index (χ0) is 23.4. The number of pyridine rings is 1. The van der Waals surface area contributed by atoms with Crippen molar-refractivity contribution >= 4 is 22.4 Å². The summed E-state index contributed by atoms with van der Waals surface area (Å²) in [6, 6.07) is 11.2. The van der Waals surface area contributed by atoms with Crippen molar-refractivity contribution in [2.24, 2.45) is 5.92 Å². The monoisotopic (exact) mass is 436 g/mol. The van der Waals surface area contributed by atoms with Gasteiger partial charge in [-0.15, -0.1) is 0 Å². The normalized spacial score (nSPS) is 11.1. The molecule has 0 saturated carbocycles. The van der Waals surface area contributed by atoms with E-state index in [1.54, 1.807) is 34.9 Å². The van der Waals surface area contributed by atoms with E-state index in [0.29, 0.717) is 40.9 Å². The highest BCUT2D eigenvalue weighted by Gasteiger charge is 2.24. The third-order valence-corrected chi connectivity index (χ3v) is 5.48. The number of aryl methyl sites for hydroxylation is 1. The minimum atomic E-state index is -0.149. The largest absolute Gasteiger partial charge is 0.493 e. The Morgan fingerprint density at radius 3 is 2.25 bits per heavy atom. The number of ether oxygens (including phenoxy) is 2. The number of para-hydroxylation sites is 1. The molecule has 6 heteroatoms. The van der Waals surface area contributed by atoms with Crippen LogP contribution in [0.15, 0.2) is 47.4 Å². The second kappa shape index (κ2) is 9.90. The van der Waals surface area contributed by atoms with Crippen molar-refractivity contribution in [3.05, 3.63) is 64.1 Å². The number of hydrogen-bond acceptors (Lipinski definition) is 4. The number of methoxy groups -OCH3 is 2. The van der Waals surface area contributed by atoms with E-state index in [1.807, 2.05) is 52.0 Å². The standard InChI is InChI=1S/C26H32N2O4/c1-7-12-28(22-11-9-8-10-18(22)4)26(30)21-16-27(15-17(2)3)25(29)20-14-24(32-6)23(31-5)13-19(20)21/h8-11,13-14,16-17H,7,12,15H2,1-6H3. The molecule has 0 aliphatic heterocycles. The molecule has 32 heavy (non-hydrogen) atoms. The summed E-state index contributed by atoms with van der Waals surface area (Å²) in [6.45, 7) is 9.22. The Hall–Kier alpha value is -3.28. The maximum absolute atomic E-state index is 13.9. The van der Waals surface area contributed by atoms with Crippen LogP contribution in [0, 0.1) is 12.8 Å². The highest BCUT2D eigenvalue weighted by atomic mass is 16.5. The van der Waals surface area contributed by atoms with E-state index in [1.165, 1.54) is 7.11 Å². The molecule has 2 aromatic carbocycles. The van der Waals surface area contributed by atoms with Crippen LogP contribution in [0.3, 0.4) is 0 Å². The predicted octanol–water partition coefficient (Wildman–Crippen LogP) is 5.04. The molecule has 3 aromatic rings. The third-order valence-electron chi connectivity index (χ3n) is 5.48. The number of hydrogen-bond donors (Lipinski definition) is 0. The summed E-state index contributed by atoms with van der Waals surface area (Å²) in [5.41, 5.74) is 2.21. The maximum Gasteiger partial charge on any atom is 0.260 e. The average molecular weight is 437 g/mol. The van der Waals surface area contributed by atoms with Gasteiger partial charge in [0, 0.05) is 30.4 Å². The fraction of sp³-hybridized carbons (Fsp3) is 0.385. The number of carbonyl (C=O) groups excluding carboxylic acids is 1. The van der Waals surface area contributed by atoms with Crippen molar-refractivity contribution in [1.29, 1.82) is 0 Å². The van der Waals surface area contributed by atoms with E-state index in [9.17, 15) is 9.59 Å². The summed E-state index contributed by atoms with van der Waals surface area (Å²) in [7, 11) is 3.08. The highest BCUT2D eigenvalue weighted by molar-refractivity contribution is 6.14. The molecule has 1 amide bonds. The first-order chi connectivity index (χ1) is 15.3. The van der Waals surface area contributed by atoms with Crippen LogP contribution < -0.4 is 19.9 Å². The van der Waals surface area contributed by atoms with Crippen LogP contribution in [-0.4, -0.2) is 31.2 Å². The number of nitrogens with zero attached hydrogens (tertiary/aromatic N) is 2. The van der Waals surface area contributed by atoms with E-state index < -0.39 is 0 Å². The second-order valence-corrected chi connectivity index (χ2v) is 8.39. The molecule has 0 fully saturated rings. The third kappa shape index (κ3) is 4.49. The summed E-state index contributed by atoms with van der Waals surface area (Å²) in [4.78, 5) is 29.0. The van der Waals surface area contributed by atoms with Crippen molar-refractivity contribution in [2.45, 2.75) is 40.7 Å². The van der Waals surface area contributed by atoms with E-state index in [-0.39, 0.29) is 17.4 Å². The van der Waals surface area contributed by atoms with E-state index in [0.717, 1.165) is 17.7 Å². The molecule has 0 radical (unpaired) electrons. The van der Waals surface area contributed by atoms with Gasteiger partial charge in [0.25, 0.3) is 11.5 Å². The number of benzene rings is 2. The first-order valence-electron chi connectivity index (χ1n) is 11.0. The molecule has 1 aromatic heterocycles. The lowest BCUT2D eigenvalue weighted by Crippen LogP contribution is -2.34. The van der Waals surface area contributed by atoms with Gasteiger partial charge in [-0.3, -0.25) is 9.59 Å². The lowest BCUT2D eigenvalue weighted by Gasteiger charge is -2.25. The molecule has 1 heterocycles. The van der Waals surface area contributed by atoms with Crippen molar-refractivity contribution in [3.63, 3.8) is 0 Å². The van der Waals surface area contributed by atoms with Crippen LogP contribution in [0.25, 0.3) is 10.8 Å². The van der Waals surface area contributed by atoms with Crippen LogP contribution in [0.2, 0.25) is 0 Å². The SMILES string of the molecule is CCCN(C(=O)c1cn(CC(C)C)c(=O)c2cc(OC)c(OC)cc12)c1ccccc1C. The maximum atomic E-state index is 13.9. The average Bonchev–Trinajstić information content (AvgIpc) is 2.78. The number of carbonyl (C=O) groups is 1. The zero-order valence-corrected chi connectivity index (χ0v) is 19.8. The summed E-state index contributed by atoms with van der Waals surface area (Å²) >= 11 is 0. The molecule has 0 unspecified atom stereocenters. The van der Waals surface area contributed by atoms with Crippen LogP contribution in [0.5, 0.6) is 11.5 Å². The van der Waals surface area contributed by atoms with Gasteiger partial charge in [0.05, 0.1) is 25.2 Å². The minimum Gasteiger partial charge on any atom is -0.493 e. The number of rotatable bonds is 8. The van der Waals surface area contributed by atoms with Gasteiger partial charge in [-0.1, -0.05) is 39.0 Å². The summed E-state index contributed by atoms with van der Waals surface area (Å²) in [5.74, 6) is 1.04. The fourth-order valence-corrected chi connectivity index (χ4v) is 3.98. The molecule has 0 N–H and O–H groups in total. The minimum absolute atomic E-state index is 0.143. The van der Waals surface area contributed by atoms with Crippen LogP contribution >= 0.6 is 0 Å². The number of aromatic nitrogens is 1. The molecule has 0 atom stereocenters. The van der Waals surface area contributed by atoms with Crippen molar-refractivity contribution in [1.82, 2.24) is 4.57 Å². The Labute approximate surface area is 189 Å². The van der Waals surface area contributed by atoms with Crippen LogP contribution in [0.1, 0.15) is 43.1 Å². The molecular weight excluding hydrogens is 404 g/mol. The smallest absolute Gasteiger partial charge is 0.260 e. The van der Waals surface area contributed by atoms with Gasteiger partial charge >= 0.3 is 0 Å². The predicted molar refractivity (Wildman–Crippen MR) is 129 cm³/mol. The van der Waals surface area contributed by atoms with Crippen LogP contribution in [0.4, 0.5) is 5.69 Å². The number of anilines is 1.